The Kier molecular flexibility index (Phi) is 7.52. The molecule has 1 aliphatic rings. The van der Waals surface area contributed by atoms with Crippen LogP contribution >= 0.6 is 0 Å². The summed E-state index contributed by atoms with van der Waals surface area (Å²) in [6.07, 6.45) is 0.795. The monoisotopic (exact) mass is 549 g/mol. The van der Waals surface area contributed by atoms with Crippen LogP contribution in [0.4, 0.5) is 5.69 Å². The van der Waals surface area contributed by atoms with Gasteiger partial charge in [0.15, 0.2) is 5.82 Å². The van der Waals surface area contributed by atoms with Gasteiger partial charge in [-0.25, -0.2) is 4.68 Å². The normalized spacial score (nSPS) is 14.9. The van der Waals surface area contributed by atoms with Gasteiger partial charge in [-0.3, -0.25) is 9.69 Å². The molecular weight excluding hydrogens is 514 g/mol. The Morgan fingerprint density at radius 3 is 2.44 bits per heavy atom. The number of nitrogens with zero attached hydrogens (tertiary/aromatic N) is 6. The number of ether oxygens (including phenoxy) is 1. The summed E-state index contributed by atoms with van der Waals surface area (Å²) < 4.78 is 7.19. The number of nitrogens with one attached hydrogen (secondary N) is 1. The Balaban J connectivity index is 1.35. The molecule has 1 fully saturated rings. The van der Waals surface area contributed by atoms with Gasteiger partial charge in [0.2, 0.25) is 0 Å². The zero-order chi connectivity index (χ0) is 28.3. The van der Waals surface area contributed by atoms with E-state index in [0.29, 0.717) is 17.9 Å². The van der Waals surface area contributed by atoms with Gasteiger partial charge in [-0.2, -0.15) is 0 Å². The number of aromatic nitrogens is 5. The molecule has 41 heavy (non-hydrogen) atoms. The molecular formula is C32H35N7O2. The minimum atomic E-state index is -0.382. The Morgan fingerprint density at radius 2 is 1.71 bits per heavy atom. The molecule has 9 heteroatoms. The van der Waals surface area contributed by atoms with Gasteiger partial charge in [-0.1, -0.05) is 42.0 Å². The fourth-order valence-electron chi connectivity index (χ4n) is 5.88. The number of H-pyrrole nitrogens is 1. The largest absolute Gasteiger partial charge is 0.497 e. The minimum absolute atomic E-state index is 0.107. The van der Waals surface area contributed by atoms with Crippen molar-refractivity contribution in [3.8, 4) is 5.75 Å². The zero-order valence-electron chi connectivity index (χ0n) is 23.7. The van der Waals surface area contributed by atoms with Crippen LogP contribution in [0, 0.1) is 13.8 Å². The molecule has 0 spiro atoms. The molecule has 0 amide bonds. The zero-order valence-corrected chi connectivity index (χ0v) is 23.7. The van der Waals surface area contributed by atoms with Crippen molar-refractivity contribution in [1.82, 2.24) is 30.1 Å². The molecule has 1 N–H and O–H groups in total. The molecule has 0 saturated carbocycles. The van der Waals surface area contributed by atoms with Gasteiger partial charge in [0.25, 0.3) is 5.56 Å². The van der Waals surface area contributed by atoms with Crippen LogP contribution < -0.4 is 15.2 Å². The number of rotatable bonds is 8. The van der Waals surface area contributed by atoms with Gasteiger partial charge in [0.1, 0.15) is 11.8 Å². The van der Waals surface area contributed by atoms with Crippen LogP contribution in [0.25, 0.3) is 10.9 Å². The maximum atomic E-state index is 13.7. The minimum Gasteiger partial charge on any atom is -0.497 e. The van der Waals surface area contributed by atoms with E-state index in [-0.39, 0.29) is 11.6 Å². The number of methoxy groups -OCH3 is 1. The van der Waals surface area contributed by atoms with Crippen molar-refractivity contribution in [2.24, 2.45) is 0 Å². The van der Waals surface area contributed by atoms with E-state index in [9.17, 15) is 4.79 Å². The first kappa shape index (κ1) is 26.7. The average molecular weight is 550 g/mol. The molecule has 2 aromatic heterocycles. The van der Waals surface area contributed by atoms with Crippen molar-refractivity contribution >= 4 is 16.6 Å². The first-order chi connectivity index (χ1) is 20.0. The van der Waals surface area contributed by atoms with E-state index in [1.54, 1.807) is 7.11 Å². The van der Waals surface area contributed by atoms with E-state index >= 15 is 0 Å². The third-order valence-corrected chi connectivity index (χ3v) is 7.99. The highest BCUT2D eigenvalue weighted by Gasteiger charge is 2.33. The second-order valence-electron chi connectivity index (χ2n) is 10.7. The lowest BCUT2D eigenvalue weighted by molar-refractivity contribution is 0.199. The van der Waals surface area contributed by atoms with Crippen molar-refractivity contribution in [3.05, 3.63) is 111 Å². The van der Waals surface area contributed by atoms with Crippen molar-refractivity contribution in [2.75, 3.05) is 38.2 Å². The molecule has 3 aromatic carbocycles. The highest BCUT2D eigenvalue weighted by atomic mass is 16.5. The number of hydrogen-bond acceptors (Lipinski definition) is 7. The van der Waals surface area contributed by atoms with Crippen molar-refractivity contribution in [2.45, 2.75) is 32.9 Å². The third-order valence-electron chi connectivity index (χ3n) is 7.99. The molecule has 1 aliphatic heterocycles. The lowest BCUT2D eigenvalue weighted by Gasteiger charge is -2.39. The quantitative estimate of drug-likeness (QED) is 0.309. The summed E-state index contributed by atoms with van der Waals surface area (Å²) in [6.45, 7) is 7.88. The molecule has 5 aromatic rings. The molecule has 0 bridgehead atoms. The highest BCUT2D eigenvalue weighted by molar-refractivity contribution is 5.83. The molecule has 0 aliphatic carbocycles. The lowest BCUT2D eigenvalue weighted by Crippen LogP contribution is -2.49. The summed E-state index contributed by atoms with van der Waals surface area (Å²) in [4.78, 5) is 21.6. The Labute approximate surface area is 239 Å². The molecule has 3 heterocycles. The standard InChI is InChI=1S/C32H35N7O2/c1-22-19-23(2)29-25(20-22)21-28(32(40)33-29)30(31-34-35-36-39(31)14-13-24-7-5-4-6-8-24)38-17-15-37(16-18-38)26-9-11-27(41-3)12-10-26/h4-12,19-21,30H,13-18H2,1-3H3,(H,33,40)/t30-/m1/s1. The van der Waals surface area contributed by atoms with Crippen molar-refractivity contribution < 1.29 is 4.74 Å². The van der Waals surface area contributed by atoms with Gasteiger partial charge in [-0.15, -0.1) is 5.10 Å². The number of pyridine rings is 1. The fraction of sp³-hybridized carbons (Fsp3) is 0.312. The number of fused-ring (bicyclic) bond motifs is 1. The van der Waals surface area contributed by atoms with Gasteiger partial charge >= 0.3 is 0 Å². The molecule has 0 radical (unpaired) electrons. The van der Waals surface area contributed by atoms with Crippen LogP contribution in [-0.2, 0) is 13.0 Å². The van der Waals surface area contributed by atoms with E-state index in [4.69, 9.17) is 4.74 Å². The van der Waals surface area contributed by atoms with Crippen molar-refractivity contribution in [3.63, 3.8) is 0 Å². The number of benzene rings is 3. The van der Waals surface area contributed by atoms with Crippen LogP contribution in [0.1, 0.15) is 34.1 Å². The summed E-state index contributed by atoms with van der Waals surface area (Å²) in [5.74, 6) is 1.53. The van der Waals surface area contributed by atoms with Crippen LogP contribution in [0.5, 0.6) is 5.75 Å². The summed E-state index contributed by atoms with van der Waals surface area (Å²) >= 11 is 0. The van der Waals surface area contributed by atoms with E-state index in [1.807, 2.05) is 48.0 Å². The fourth-order valence-corrected chi connectivity index (χ4v) is 5.88. The summed E-state index contributed by atoms with van der Waals surface area (Å²) in [7, 11) is 1.68. The third kappa shape index (κ3) is 5.58. The van der Waals surface area contributed by atoms with Crippen LogP contribution in [0.2, 0.25) is 0 Å². The summed E-state index contributed by atoms with van der Waals surface area (Å²) in [5, 5.41) is 14.0. The Hall–Kier alpha value is -4.50. The second kappa shape index (κ2) is 11.5. The van der Waals surface area contributed by atoms with Crippen molar-refractivity contribution in [1.29, 1.82) is 0 Å². The first-order valence-corrected chi connectivity index (χ1v) is 14.1. The summed E-state index contributed by atoms with van der Waals surface area (Å²) in [5.41, 5.74) is 6.01. The molecule has 1 atom stereocenters. The molecule has 9 nitrogen and oxygen atoms in total. The number of hydrogen-bond donors (Lipinski definition) is 1. The smallest absolute Gasteiger partial charge is 0.253 e. The highest BCUT2D eigenvalue weighted by Crippen LogP contribution is 2.30. The van der Waals surface area contributed by atoms with Gasteiger partial charge in [-0.05, 0) is 83.6 Å². The summed E-state index contributed by atoms with van der Waals surface area (Å²) in [6, 6.07) is 24.4. The van der Waals surface area contributed by atoms with E-state index in [2.05, 4.69) is 73.6 Å². The van der Waals surface area contributed by atoms with E-state index in [1.165, 1.54) is 5.56 Å². The molecule has 0 unspecified atom stereocenters. The lowest BCUT2D eigenvalue weighted by atomic mass is 10.00. The van der Waals surface area contributed by atoms with E-state index < -0.39 is 0 Å². The SMILES string of the molecule is COc1ccc(N2CCN([C@H](c3cc4cc(C)cc(C)c4[nH]c3=O)c3nnnn3CCc3ccccc3)CC2)cc1. The Bertz CT molecular complexity index is 1690. The number of piperazine rings is 1. The van der Waals surface area contributed by atoms with Gasteiger partial charge in [0, 0.05) is 44.0 Å². The van der Waals surface area contributed by atoms with E-state index in [0.717, 1.165) is 66.1 Å². The first-order valence-electron chi connectivity index (χ1n) is 14.1. The molecule has 210 valence electrons. The second-order valence-corrected chi connectivity index (χ2v) is 10.7. The van der Waals surface area contributed by atoms with Crippen LogP contribution in [-0.4, -0.2) is 63.4 Å². The van der Waals surface area contributed by atoms with Crippen LogP contribution in [0.3, 0.4) is 0 Å². The number of anilines is 1. The maximum absolute atomic E-state index is 13.7. The maximum Gasteiger partial charge on any atom is 0.253 e. The van der Waals surface area contributed by atoms with Crippen LogP contribution in [0.15, 0.2) is 77.6 Å². The number of tetrazole rings is 1. The Morgan fingerprint density at radius 1 is 0.951 bits per heavy atom. The van der Waals surface area contributed by atoms with Gasteiger partial charge < -0.3 is 14.6 Å². The predicted octanol–water partition coefficient (Wildman–Crippen LogP) is 4.29. The molecule has 6 rings (SSSR count). The average Bonchev–Trinajstić information content (AvgIpc) is 3.46. The number of aromatic amines is 1. The topological polar surface area (TPSA) is 92.2 Å². The number of aryl methyl sites for hydroxylation is 4. The van der Waals surface area contributed by atoms with Gasteiger partial charge in [0.05, 0.1) is 12.6 Å². The predicted molar refractivity (Wildman–Crippen MR) is 161 cm³/mol. The molecule has 1 saturated heterocycles.